The summed E-state index contributed by atoms with van der Waals surface area (Å²) in [6.45, 7) is 0.727. The van der Waals surface area contributed by atoms with Gasteiger partial charge in [-0.1, -0.05) is 6.07 Å². The number of amides is 2. The van der Waals surface area contributed by atoms with Crippen molar-refractivity contribution in [2.75, 3.05) is 26.2 Å². The molecule has 2 aliphatic heterocycles. The number of benzene rings is 1. The predicted molar refractivity (Wildman–Crippen MR) is 101 cm³/mol. The van der Waals surface area contributed by atoms with Crippen LogP contribution >= 0.6 is 0 Å². The Hall–Kier alpha value is -3.77. The number of hydrogen-bond donors (Lipinski definition) is 0. The molecule has 33 heavy (non-hydrogen) atoms. The number of nitrogens with zero attached hydrogens (tertiary/aromatic N) is 4. The van der Waals surface area contributed by atoms with Crippen molar-refractivity contribution in [2.45, 2.75) is 12.5 Å². The minimum atomic E-state index is -4.70. The van der Waals surface area contributed by atoms with E-state index in [0.717, 1.165) is 12.4 Å². The van der Waals surface area contributed by atoms with Crippen LogP contribution in [0.3, 0.4) is 0 Å². The highest BCUT2D eigenvalue weighted by Crippen LogP contribution is 2.41. The molecule has 1 fully saturated rings. The van der Waals surface area contributed by atoms with Crippen LogP contribution in [0.2, 0.25) is 0 Å². The SMILES string of the molecule is O=C(/C=C/c1ccc2c(c1)OC(F)(F)O2)N1CCN(C(=O)c2cnc(C(F)(F)F)nc2)CC1. The van der Waals surface area contributed by atoms with Gasteiger partial charge in [-0.25, -0.2) is 9.97 Å². The van der Waals surface area contributed by atoms with Gasteiger partial charge in [-0.3, -0.25) is 9.59 Å². The van der Waals surface area contributed by atoms with E-state index in [1.807, 2.05) is 0 Å². The van der Waals surface area contributed by atoms with E-state index in [9.17, 15) is 31.5 Å². The molecule has 1 saturated heterocycles. The van der Waals surface area contributed by atoms with Crippen LogP contribution in [0.4, 0.5) is 22.0 Å². The lowest BCUT2D eigenvalue weighted by atomic mass is 10.2. The van der Waals surface area contributed by atoms with E-state index < -0.39 is 24.2 Å². The monoisotopic (exact) mass is 470 g/mol. The molecule has 0 N–H and O–H groups in total. The van der Waals surface area contributed by atoms with Crippen LogP contribution in [0.15, 0.2) is 36.7 Å². The fourth-order valence-corrected chi connectivity index (χ4v) is 3.24. The van der Waals surface area contributed by atoms with Crippen LogP contribution < -0.4 is 9.47 Å². The van der Waals surface area contributed by atoms with Crippen LogP contribution in [-0.4, -0.2) is 64.1 Å². The molecule has 0 aliphatic carbocycles. The second kappa shape index (κ2) is 8.30. The molecule has 0 atom stereocenters. The van der Waals surface area contributed by atoms with Crippen molar-refractivity contribution in [2.24, 2.45) is 0 Å². The highest BCUT2D eigenvalue weighted by Gasteiger charge is 2.43. The number of alkyl halides is 5. The molecule has 0 bridgehead atoms. The van der Waals surface area contributed by atoms with Gasteiger partial charge in [-0.15, -0.1) is 8.78 Å². The van der Waals surface area contributed by atoms with E-state index in [-0.39, 0.29) is 49.1 Å². The topological polar surface area (TPSA) is 84.9 Å². The summed E-state index contributed by atoms with van der Waals surface area (Å²) >= 11 is 0. The van der Waals surface area contributed by atoms with Crippen molar-refractivity contribution >= 4 is 17.9 Å². The van der Waals surface area contributed by atoms with Gasteiger partial charge in [0.05, 0.1) is 5.56 Å². The molecule has 0 unspecified atom stereocenters. The normalized spacial score (nSPS) is 17.5. The van der Waals surface area contributed by atoms with Gasteiger partial charge in [0.15, 0.2) is 11.5 Å². The standard InChI is InChI=1S/C20H15F5N4O4/c21-19(22,23)18-26-10-13(11-27-18)17(31)29-7-5-28(6-8-29)16(30)4-2-12-1-3-14-15(9-12)33-20(24,25)32-14/h1-4,9-11H,5-8H2/b4-2+. The Morgan fingerprint density at radius 2 is 1.58 bits per heavy atom. The summed E-state index contributed by atoms with van der Waals surface area (Å²) < 4.78 is 72.5. The number of carbonyl (C=O) groups excluding carboxylic acids is 2. The van der Waals surface area contributed by atoms with Crippen molar-refractivity contribution in [3.05, 3.63) is 53.6 Å². The van der Waals surface area contributed by atoms with E-state index in [1.54, 1.807) is 0 Å². The maximum Gasteiger partial charge on any atom is 0.586 e. The van der Waals surface area contributed by atoms with Gasteiger partial charge in [0.2, 0.25) is 11.7 Å². The number of fused-ring (bicyclic) bond motifs is 1. The molecule has 4 rings (SSSR count). The number of aromatic nitrogens is 2. The molecule has 2 aromatic rings. The van der Waals surface area contributed by atoms with Crippen LogP contribution in [0.1, 0.15) is 21.7 Å². The molecule has 1 aromatic carbocycles. The second-order valence-corrected chi connectivity index (χ2v) is 7.12. The fraction of sp³-hybridized carbons (Fsp3) is 0.300. The van der Waals surface area contributed by atoms with Crippen molar-refractivity contribution in [3.8, 4) is 11.5 Å². The van der Waals surface area contributed by atoms with Crippen molar-refractivity contribution < 1.29 is 41.0 Å². The van der Waals surface area contributed by atoms with Crippen LogP contribution in [0.5, 0.6) is 11.5 Å². The van der Waals surface area contributed by atoms with Gasteiger partial charge >= 0.3 is 12.5 Å². The minimum Gasteiger partial charge on any atom is -0.395 e. The van der Waals surface area contributed by atoms with Crippen molar-refractivity contribution in [3.63, 3.8) is 0 Å². The van der Waals surface area contributed by atoms with Crippen molar-refractivity contribution in [1.29, 1.82) is 0 Å². The fourth-order valence-electron chi connectivity index (χ4n) is 3.24. The van der Waals surface area contributed by atoms with E-state index in [1.165, 1.54) is 40.2 Å². The third-order valence-corrected chi connectivity index (χ3v) is 4.87. The Morgan fingerprint density at radius 3 is 2.21 bits per heavy atom. The summed E-state index contributed by atoms with van der Waals surface area (Å²) in [5, 5.41) is 0. The number of ether oxygens (including phenoxy) is 2. The van der Waals surface area contributed by atoms with Crippen LogP contribution in [0, 0.1) is 0 Å². The van der Waals surface area contributed by atoms with Crippen molar-refractivity contribution in [1.82, 2.24) is 19.8 Å². The minimum absolute atomic E-state index is 0.0870. The number of halogens is 5. The van der Waals surface area contributed by atoms with Gasteiger partial charge in [0, 0.05) is 44.6 Å². The zero-order valence-electron chi connectivity index (χ0n) is 16.7. The van der Waals surface area contributed by atoms with Gasteiger partial charge in [-0.05, 0) is 23.8 Å². The molecule has 8 nitrogen and oxygen atoms in total. The molecule has 0 spiro atoms. The van der Waals surface area contributed by atoms with E-state index in [2.05, 4.69) is 19.4 Å². The molecule has 3 heterocycles. The summed E-state index contributed by atoms with van der Waals surface area (Å²) in [5.74, 6) is -2.49. The molecule has 2 aliphatic rings. The van der Waals surface area contributed by atoms with Gasteiger partial charge < -0.3 is 19.3 Å². The first-order valence-electron chi connectivity index (χ1n) is 9.57. The Kier molecular flexibility index (Phi) is 5.64. The number of rotatable bonds is 3. The quantitative estimate of drug-likeness (QED) is 0.507. The summed E-state index contributed by atoms with van der Waals surface area (Å²) in [6.07, 6.45) is -4.10. The summed E-state index contributed by atoms with van der Waals surface area (Å²) in [5.41, 5.74) is 0.357. The lowest BCUT2D eigenvalue weighted by molar-refractivity contribution is -0.286. The summed E-state index contributed by atoms with van der Waals surface area (Å²) in [7, 11) is 0. The van der Waals surface area contributed by atoms with E-state index >= 15 is 0 Å². The smallest absolute Gasteiger partial charge is 0.395 e. The third kappa shape index (κ3) is 5.02. The van der Waals surface area contributed by atoms with Gasteiger partial charge in [0.25, 0.3) is 5.91 Å². The Balaban J connectivity index is 1.32. The summed E-state index contributed by atoms with van der Waals surface area (Å²) in [4.78, 5) is 34.1. The zero-order chi connectivity index (χ0) is 23.8. The number of carbonyl (C=O) groups is 2. The molecular formula is C20H15F5N4O4. The number of piperazine rings is 1. The first-order chi connectivity index (χ1) is 15.5. The molecule has 0 radical (unpaired) electrons. The molecule has 2 amide bonds. The maximum atomic E-state index is 13.1. The van der Waals surface area contributed by atoms with E-state index in [4.69, 9.17) is 0 Å². The molecule has 1 aromatic heterocycles. The Labute approximate surface area is 183 Å². The highest BCUT2D eigenvalue weighted by molar-refractivity contribution is 5.94. The zero-order valence-corrected chi connectivity index (χ0v) is 16.7. The Bertz CT molecular complexity index is 1100. The third-order valence-electron chi connectivity index (χ3n) is 4.87. The molecule has 13 heteroatoms. The first-order valence-corrected chi connectivity index (χ1v) is 9.57. The molecule has 0 saturated carbocycles. The maximum absolute atomic E-state index is 13.1. The lowest BCUT2D eigenvalue weighted by Gasteiger charge is -2.34. The van der Waals surface area contributed by atoms with Crippen LogP contribution in [-0.2, 0) is 11.0 Å². The van der Waals surface area contributed by atoms with Gasteiger partial charge in [0.1, 0.15) is 0 Å². The average Bonchev–Trinajstić information content (AvgIpc) is 3.09. The number of hydrogen-bond acceptors (Lipinski definition) is 6. The molecule has 174 valence electrons. The van der Waals surface area contributed by atoms with Gasteiger partial charge in [-0.2, -0.15) is 13.2 Å². The average molecular weight is 470 g/mol. The highest BCUT2D eigenvalue weighted by atomic mass is 19.4. The lowest BCUT2D eigenvalue weighted by Crippen LogP contribution is -2.50. The second-order valence-electron chi connectivity index (χ2n) is 7.12. The molecular weight excluding hydrogens is 455 g/mol. The first kappa shape index (κ1) is 22.4. The van der Waals surface area contributed by atoms with E-state index in [0.29, 0.717) is 5.56 Å². The summed E-state index contributed by atoms with van der Waals surface area (Å²) in [6, 6.07) is 4.09. The van der Waals surface area contributed by atoms with Crippen LogP contribution in [0.25, 0.3) is 6.08 Å². The predicted octanol–water partition coefficient (Wildman–Crippen LogP) is 2.81. The Morgan fingerprint density at radius 1 is 0.970 bits per heavy atom. The largest absolute Gasteiger partial charge is 0.586 e.